The van der Waals surface area contributed by atoms with Crippen molar-refractivity contribution in [3.63, 3.8) is 0 Å². The molecule has 0 aliphatic carbocycles. The van der Waals surface area contributed by atoms with Gasteiger partial charge in [-0.1, -0.05) is 20.8 Å². The van der Waals surface area contributed by atoms with Crippen LogP contribution >= 0.6 is 0 Å². The number of hydrogen-bond acceptors (Lipinski definition) is 4. The molecule has 0 unspecified atom stereocenters. The molecule has 0 saturated carbocycles. The van der Waals surface area contributed by atoms with Gasteiger partial charge in [0.25, 0.3) is 11.8 Å². The molecule has 2 aromatic rings. The van der Waals surface area contributed by atoms with Gasteiger partial charge >= 0.3 is 5.97 Å². The summed E-state index contributed by atoms with van der Waals surface area (Å²) in [7, 11) is 0. The van der Waals surface area contributed by atoms with Crippen LogP contribution in [0.2, 0.25) is 0 Å². The van der Waals surface area contributed by atoms with Gasteiger partial charge in [-0.15, -0.1) is 0 Å². The summed E-state index contributed by atoms with van der Waals surface area (Å²) in [6, 6.07) is 7.77. The van der Waals surface area contributed by atoms with Crippen LogP contribution in [-0.2, 0) is 11.3 Å². The van der Waals surface area contributed by atoms with E-state index in [0.717, 1.165) is 0 Å². The van der Waals surface area contributed by atoms with Crippen LogP contribution < -0.4 is 10.6 Å². The Morgan fingerprint density at radius 3 is 2.15 bits per heavy atom. The zero-order valence-electron chi connectivity index (χ0n) is 14.9. The highest BCUT2D eigenvalue weighted by molar-refractivity contribution is 6.04. The predicted octanol–water partition coefficient (Wildman–Crippen LogP) is 2.00. The third kappa shape index (κ3) is 5.73. The molecule has 1 aromatic carbocycles. The fourth-order valence-corrected chi connectivity index (χ4v) is 2.06. The van der Waals surface area contributed by atoms with Crippen LogP contribution in [0.1, 0.15) is 41.5 Å². The number of aromatic nitrogens is 2. The van der Waals surface area contributed by atoms with E-state index in [1.165, 1.54) is 16.9 Å². The number of carboxylic acid groups (broad SMARTS) is 1. The van der Waals surface area contributed by atoms with Crippen LogP contribution in [-0.4, -0.2) is 39.2 Å². The van der Waals surface area contributed by atoms with Crippen molar-refractivity contribution in [3.8, 4) is 0 Å². The molecule has 138 valence electrons. The topological polar surface area (TPSA) is 113 Å². The fraction of sp³-hybridized carbons (Fsp3) is 0.333. The Morgan fingerprint density at radius 1 is 1.04 bits per heavy atom. The van der Waals surface area contributed by atoms with Crippen molar-refractivity contribution >= 4 is 23.6 Å². The van der Waals surface area contributed by atoms with Gasteiger partial charge < -0.3 is 15.7 Å². The minimum atomic E-state index is -1.02. The lowest BCUT2D eigenvalue weighted by molar-refractivity contribution is -0.137. The minimum absolute atomic E-state index is 0.0144. The highest BCUT2D eigenvalue weighted by atomic mass is 16.4. The van der Waals surface area contributed by atoms with Gasteiger partial charge in [-0.3, -0.25) is 19.1 Å². The molecular formula is C18H22N4O4. The Labute approximate surface area is 151 Å². The second-order valence-corrected chi connectivity index (χ2v) is 7.07. The van der Waals surface area contributed by atoms with E-state index in [2.05, 4.69) is 15.7 Å². The van der Waals surface area contributed by atoms with Gasteiger partial charge in [-0.05, 0) is 29.7 Å². The van der Waals surface area contributed by atoms with Gasteiger partial charge in [0.1, 0.15) is 6.54 Å². The van der Waals surface area contributed by atoms with Gasteiger partial charge in [0.2, 0.25) is 0 Å². The zero-order chi connectivity index (χ0) is 19.3. The lowest BCUT2D eigenvalue weighted by Crippen LogP contribution is -2.32. The first-order valence-corrected chi connectivity index (χ1v) is 8.09. The van der Waals surface area contributed by atoms with E-state index < -0.39 is 11.9 Å². The fourth-order valence-electron chi connectivity index (χ4n) is 2.06. The molecule has 0 atom stereocenters. The maximum Gasteiger partial charge on any atom is 0.325 e. The second kappa shape index (κ2) is 7.81. The molecule has 0 fully saturated rings. The highest BCUT2D eigenvalue weighted by Gasteiger charge is 2.14. The number of aliphatic carboxylic acids is 1. The Morgan fingerprint density at radius 2 is 1.62 bits per heavy atom. The Balaban J connectivity index is 1.96. The number of rotatable bonds is 6. The zero-order valence-corrected chi connectivity index (χ0v) is 14.9. The third-order valence-electron chi connectivity index (χ3n) is 3.37. The molecule has 3 N–H and O–H groups in total. The molecule has 8 nitrogen and oxygen atoms in total. The summed E-state index contributed by atoms with van der Waals surface area (Å²) in [5.41, 5.74) is 0.821. The van der Waals surface area contributed by atoms with Crippen molar-refractivity contribution in [2.45, 2.75) is 27.3 Å². The molecule has 0 aliphatic rings. The van der Waals surface area contributed by atoms with Gasteiger partial charge in [-0.25, -0.2) is 0 Å². The predicted molar refractivity (Wildman–Crippen MR) is 96.0 cm³/mol. The van der Waals surface area contributed by atoms with Crippen molar-refractivity contribution in [1.82, 2.24) is 15.1 Å². The standard InChI is InChI=1S/C18H22N4O4/c1-18(2,3)11-19-16(25)12-4-6-13(7-5-12)17(26)20-14-8-9-22(21-14)10-15(23)24/h4-9H,10-11H2,1-3H3,(H,19,25)(H,23,24)(H,20,21,26). The van der Waals surface area contributed by atoms with E-state index in [4.69, 9.17) is 5.11 Å². The molecule has 0 bridgehead atoms. The van der Waals surface area contributed by atoms with Crippen LogP contribution in [0.5, 0.6) is 0 Å². The van der Waals surface area contributed by atoms with Crippen molar-refractivity contribution in [1.29, 1.82) is 0 Å². The van der Waals surface area contributed by atoms with Crippen LogP contribution in [0.25, 0.3) is 0 Å². The van der Waals surface area contributed by atoms with E-state index in [1.54, 1.807) is 24.3 Å². The normalized spacial score (nSPS) is 11.0. The third-order valence-corrected chi connectivity index (χ3v) is 3.37. The van der Waals surface area contributed by atoms with Gasteiger partial charge in [0.05, 0.1) is 0 Å². The molecule has 8 heteroatoms. The van der Waals surface area contributed by atoms with E-state index in [1.807, 2.05) is 20.8 Å². The average Bonchev–Trinajstić information content (AvgIpc) is 2.98. The Bertz CT molecular complexity index is 803. The molecule has 0 saturated heterocycles. The molecule has 1 heterocycles. The number of amides is 2. The first kappa shape index (κ1) is 19.2. The maximum atomic E-state index is 12.2. The molecule has 0 spiro atoms. The number of carbonyl (C=O) groups is 3. The average molecular weight is 358 g/mol. The summed E-state index contributed by atoms with van der Waals surface area (Å²) >= 11 is 0. The Hall–Kier alpha value is -3.16. The number of anilines is 1. The van der Waals surface area contributed by atoms with Crippen LogP contribution in [0.3, 0.4) is 0 Å². The summed E-state index contributed by atoms with van der Waals surface area (Å²) in [5.74, 6) is -1.36. The molecule has 2 amide bonds. The van der Waals surface area contributed by atoms with Crippen molar-refractivity contribution in [2.24, 2.45) is 5.41 Å². The molecule has 0 radical (unpaired) electrons. The number of carboxylic acids is 1. The maximum absolute atomic E-state index is 12.2. The number of hydrogen-bond donors (Lipinski definition) is 3. The lowest BCUT2D eigenvalue weighted by atomic mass is 9.97. The second-order valence-electron chi connectivity index (χ2n) is 7.07. The molecule has 26 heavy (non-hydrogen) atoms. The van der Waals surface area contributed by atoms with Crippen LogP contribution in [0.15, 0.2) is 36.5 Å². The largest absolute Gasteiger partial charge is 0.480 e. The SMILES string of the molecule is CC(C)(C)CNC(=O)c1ccc(C(=O)Nc2ccn(CC(=O)O)n2)cc1. The van der Waals surface area contributed by atoms with Gasteiger partial charge in [0.15, 0.2) is 5.82 Å². The first-order valence-electron chi connectivity index (χ1n) is 8.09. The number of nitrogens with one attached hydrogen (secondary N) is 2. The summed E-state index contributed by atoms with van der Waals surface area (Å²) in [4.78, 5) is 34.9. The molecule has 1 aromatic heterocycles. The van der Waals surface area contributed by atoms with E-state index >= 15 is 0 Å². The van der Waals surface area contributed by atoms with E-state index in [-0.39, 0.29) is 23.7 Å². The summed E-state index contributed by atoms with van der Waals surface area (Å²) < 4.78 is 1.21. The first-order chi connectivity index (χ1) is 12.1. The quantitative estimate of drug-likeness (QED) is 0.731. The van der Waals surface area contributed by atoms with Crippen molar-refractivity contribution in [3.05, 3.63) is 47.7 Å². The number of carbonyl (C=O) groups excluding carboxylic acids is 2. The number of benzene rings is 1. The number of nitrogens with zero attached hydrogens (tertiary/aromatic N) is 2. The lowest BCUT2D eigenvalue weighted by Gasteiger charge is -2.18. The van der Waals surface area contributed by atoms with Crippen molar-refractivity contribution in [2.75, 3.05) is 11.9 Å². The van der Waals surface area contributed by atoms with Gasteiger partial charge in [0, 0.05) is 29.9 Å². The van der Waals surface area contributed by atoms with Gasteiger partial charge in [-0.2, -0.15) is 5.10 Å². The summed E-state index contributed by atoms with van der Waals surface area (Å²) in [6.45, 7) is 6.34. The smallest absolute Gasteiger partial charge is 0.325 e. The Kier molecular flexibility index (Phi) is 5.76. The summed E-state index contributed by atoms with van der Waals surface area (Å²) in [5, 5.41) is 18.1. The molecule has 0 aliphatic heterocycles. The van der Waals surface area contributed by atoms with Crippen LogP contribution in [0.4, 0.5) is 5.82 Å². The molecular weight excluding hydrogens is 336 g/mol. The molecule has 2 rings (SSSR count). The van der Waals surface area contributed by atoms with Crippen LogP contribution in [0, 0.1) is 5.41 Å². The monoisotopic (exact) mass is 358 g/mol. The minimum Gasteiger partial charge on any atom is -0.480 e. The summed E-state index contributed by atoms with van der Waals surface area (Å²) in [6.07, 6.45) is 1.46. The van der Waals surface area contributed by atoms with Crippen molar-refractivity contribution < 1.29 is 19.5 Å². The van der Waals surface area contributed by atoms with E-state index in [9.17, 15) is 14.4 Å². The highest BCUT2D eigenvalue weighted by Crippen LogP contribution is 2.12. The van der Waals surface area contributed by atoms with E-state index in [0.29, 0.717) is 17.7 Å².